The first kappa shape index (κ1) is 13.9. The van der Waals surface area contributed by atoms with Crippen LogP contribution in [0.5, 0.6) is 0 Å². The maximum absolute atomic E-state index is 11.8. The Balaban J connectivity index is 2.52. The van der Waals surface area contributed by atoms with Crippen LogP contribution in [0.1, 0.15) is 17.4 Å². The van der Waals surface area contributed by atoms with Gasteiger partial charge in [0.15, 0.2) is 0 Å². The molecule has 0 aliphatic heterocycles. The molecule has 17 heavy (non-hydrogen) atoms. The lowest BCUT2D eigenvalue weighted by molar-refractivity contribution is -0.125. The molecule has 1 atom stereocenters. The summed E-state index contributed by atoms with van der Waals surface area (Å²) in [4.78, 5) is 15.1. The van der Waals surface area contributed by atoms with E-state index >= 15 is 0 Å². The summed E-state index contributed by atoms with van der Waals surface area (Å²) in [5.41, 5.74) is 1.29. The van der Waals surface area contributed by atoms with Gasteiger partial charge >= 0.3 is 0 Å². The van der Waals surface area contributed by atoms with Crippen molar-refractivity contribution < 1.29 is 4.79 Å². The SMILES string of the molecule is C=CCNC(=O)C(C)N(C)Cc1sccc1C. The number of nitrogens with zero attached hydrogens (tertiary/aromatic N) is 1. The molecule has 0 saturated heterocycles. The lowest BCUT2D eigenvalue weighted by atomic mass is 10.2. The quantitative estimate of drug-likeness (QED) is 0.787. The van der Waals surface area contributed by atoms with Crippen LogP contribution in [-0.4, -0.2) is 30.4 Å². The first-order chi connectivity index (χ1) is 8.06. The second kappa shape index (κ2) is 6.57. The number of carbonyl (C=O) groups is 1. The van der Waals surface area contributed by atoms with Crippen LogP contribution in [0, 0.1) is 6.92 Å². The summed E-state index contributed by atoms with van der Waals surface area (Å²) in [6.07, 6.45) is 1.69. The van der Waals surface area contributed by atoms with Gasteiger partial charge in [-0.25, -0.2) is 0 Å². The van der Waals surface area contributed by atoms with Crippen LogP contribution in [0.4, 0.5) is 0 Å². The van der Waals surface area contributed by atoms with E-state index in [0.717, 1.165) is 6.54 Å². The van der Waals surface area contributed by atoms with Crippen LogP contribution in [0.25, 0.3) is 0 Å². The number of amides is 1. The lowest BCUT2D eigenvalue weighted by Gasteiger charge is -2.23. The van der Waals surface area contributed by atoms with Gasteiger partial charge < -0.3 is 5.32 Å². The van der Waals surface area contributed by atoms with E-state index < -0.39 is 0 Å². The molecule has 1 aromatic rings. The fourth-order valence-electron chi connectivity index (χ4n) is 1.45. The van der Waals surface area contributed by atoms with Crippen LogP contribution in [0.15, 0.2) is 24.1 Å². The number of nitrogens with one attached hydrogen (secondary N) is 1. The van der Waals surface area contributed by atoms with Gasteiger partial charge in [-0.3, -0.25) is 9.69 Å². The van der Waals surface area contributed by atoms with Gasteiger partial charge in [0.25, 0.3) is 0 Å². The molecular weight excluding hydrogens is 232 g/mol. The van der Waals surface area contributed by atoms with Crippen molar-refractivity contribution in [3.63, 3.8) is 0 Å². The number of likely N-dealkylation sites (N-methyl/N-ethyl adjacent to an activating group) is 1. The average Bonchev–Trinajstić information content (AvgIpc) is 2.70. The van der Waals surface area contributed by atoms with E-state index in [1.54, 1.807) is 17.4 Å². The Morgan fingerprint density at radius 3 is 2.94 bits per heavy atom. The second-order valence-corrected chi connectivity index (χ2v) is 5.15. The summed E-state index contributed by atoms with van der Waals surface area (Å²) in [5.74, 6) is 0.0432. The van der Waals surface area contributed by atoms with Gasteiger partial charge in [-0.1, -0.05) is 6.08 Å². The molecule has 0 aromatic carbocycles. The van der Waals surface area contributed by atoms with Crippen LogP contribution in [0.2, 0.25) is 0 Å². The number of hydrogen-bond donors (Lipinski definition) is 1. The van der Waals surface area contributed by atoms with Gasteiger partial charge in [-0.05, 0) is 37.9 Å². The Morgan fingerprint density at radius 2 is 2.41 bits per heavy atom. The van der Waals surface area contributed by atoms with Crippen LogP contribution in [0.3, 0.4) is 0 Å². The maximum Gasteiger partial charge on any atom is 0.237 e. The fourth-order valence-corrected chi connectivity index (χ4v) is 2.42. The van der Waals surface area contributed by atoms with Gasteiger partial charge in [0, 0.05) is 18.0 Å². The van der Waals surface area contributed by atoms with Crippen LogP contribution >= 0.6 is 11.3 Å². The van der Waals surface area contributed by atoms with Crippen molar-refractivity contribution in [2.75, 3.05) is 13.6 Å². The molecule has 3 nitrogen and oxygen atoms in total. The molecule has 1 aromatic heterocycles. The zero-order valence-corrected chi connectivity index (χ0v) is 11.5. The van der Waals surface area contributed by atoms with E-state index in [9.17, 15) is 4.79 Å². The molecule has 0 bridgehead atoms. The van der Waals surface area contributed by atoms with Gasteiger partial charge in [0.2, 0.25) is 5.91 Å². The molecule has 0 saturated carbocycles. The number of thiophene rings is 1. The largest absolute Gasteiger partial charge is 0.351 e. The first-order valence-electron chi connectivity index (χ1n) is 5.68. The zero-order valence-electron chi connectivity index (χ0n) is 10.7. The highest BCUT2D eigenvalue weighted by Gasteiger charge is 2.18. The fraction of sp³-hybridized carbons (Fsp3) is 0.462. The highest BCUT2D eigenvalue weighted by Crippen LogP contribution is 2.18. The van der Waals surface area contributed by atoms with Gasteiger partial charge in [-0.2, -0.15) is 0 Å². The van der Waals surface area contributed by atoms with E-state index in [0.29, 0.717) is 6.54 Å². The molecule has 94 valence electrons. The predicted molar refractivity (Wildman–Crippen MR) is 73.2 cm³/mol. The maximum atomic E-state index is 11.8. The van der Waals surface area contributed by atoms with Gasteiger partial charge in [0.1, 0.15) is 0 Å². The minimum atomic E-state index is -0.128. The van der Waals surface area contributed by atoms with E-state index in [1.807, 2.05) is 14.0 Å². The molecule has 0 aliphatic carbocycles. The van der Waals surface area contributed by atoms with E-state index in [-0.39, 0.29) is 11.9 Å². The summed E-state index contributed by atoms with van der Waals surface area (Å²) in [6.45, 7) is 8.93. The molecule has 0 radical (unpaired) electrons. The van der Waals surface area contributed by atoms with Crippen molar-refractivity contribution >= 4 is 17.2 Å². The van der Waals surface area contributed by atoms with Crippen molar-refractivity contribution in [1.29, 1.82) is 0 Å². The highest BCUT2D eigenvalue weighted by molar-refractivity contribution is 7.10. The average molecular weight is 252 g/mol. The summed E-state index contributed by atoms with van der Waals surface area (Å²) in [6, 6.07) is 1.98. The van der Waals surface area contributed by atoms with Crippen molar-refractivity contribution in [1.82, 2.24) is 10.2 Å². The Morgan fingerprint density at radius 1 is 1.71 bits per heavy atom. The van der Waals surface area contributed by atoms with E-state index in [4.69, 9.17) is 0 Å². The lowest BCUT2D eigenvalue weighted by Crippen LogP contribution is -2.42. The number of hydrogen-bond acceptors (Lipinski definition) is 3. The highest BCUT2D eigenvalue weighted by atomic mass is 32.1. The molecule has 1 heterocycles. The molecule has 1 unspecified atom stereocenters. The van der Waals surface area contributed by atoms with Gasteiger partial charge in [0.05, 0.1) is 6.04 Å². The van der Waals surface area contributed by atoms with E-state index in [1.165, 1.54) is 10.4 Å². The Labute approximate surface area is 107 Å². The molecule has 1 amide bonds. The Bertz CT molecular complexity index is 387. The smallest absolute Gasteiger partial charge is 0.237 e. The van der Waals surface area contributed by atoms with Crippen LogP contribution < -0.4 is 5.32 Å². The molecule has 0 aliphatic rings. The second-order valence-electron chi connectivity index (χ2n) is 4.15. The zero-order chi connectivity index (χ0) is 12.8. The van der Waals surface area contributed by atoms with Crippen molar-refractivity contribution in [2.45, 2.75) is 26.4 Å². The predicted octanol–water partition coefficient (Wildman–Crippen LogP) is 2.18. The van der Waals surface area contributed by atoms with Gasteiger partial charge in [-0.15, -0.1) is 17.9 Å². The minimum Gasteiger partial charge on any atom is -0.351 e. The van der Waals surface area contributed by atoms with Crippen molar-refractivity contribution in [3.05, 3.63) is 34.5 Å². The third-order valence-corrected chi connectivity index (χ3v) is 3.83. The monoisotopic (exact) mass is 252 g/mol. The van der Waals surface area contributed by atoms with Crippen molar-refractivity contribution in [2.24, 2.45) is 0 Å². The summed E-state index contributed by atoms with van der Waals surface area (Å²) >= 11 is 1.74. The minimum absolute atomic E-state index is 0.0432. The summed E-state index contributed by atoms with van der Waals surface area (Å²) in [7, 11) is 1.97. The molecule has 0 fully saturated rings. The topological polar surface area (TPSA) is 32.3 Å². The first-order valence-corrected chi connectivity index (χ1v) is 6.56. The molecule has 0 spiro atoms. The third-order valence-electron chi connectivity index (χ3n) is 2.82. The third kappa shape index (κ3) is 3.98. The number of rotatable bonds is 6. The summed E-state index contributed by atoms with van der Waals surface area (Å²) < 4.78 is 0. The molecule has 1 rings (SSSR count). The molecule has 4 heteroatoms. The molecular formula is C13H20N2OS. The normalized spacial score (nSPS) is 12.5. The number of aryl methyl sites for hydroxylation is 1. The van der Waals surface area contributed by atoms with Crippen LogP contribution in [-0.2, 0) is 11.3 Å². The Hall–Kier alpha value is -1.13. The molecule has 1 N–H and O–H groups in total. The number of carbonyl (C=O) groups excluding carboxylic acids is 1. The van der Waals surface area contributed by atoms with Crippen molar-refractivity contribution in [3.8, 4) is 0 Å². The van der Waals surface area contributed by atoms with E-state index in [2.05, 4.69) is 35.2 Å². The standard InChI is InChI=1S/C13H20N2OS/c1-5-7-14-13(16)11(3)15(4)9-12-10(2)6-8-17-12/h5-6,8,11H,1,7,9H2,2-4H3,(H,14,16). The summed E-state index contributed by atoms with van der Waals surface area (Å²) in [5, 5.41) is 4.90. The Kier molecular flexibility index (Phi) is 5.38.